The number of carbonyl (C=O) groups is 1. The summed E-state index contributed by atoms with van der Waals surface area (Å²) >= 11 is 1.48. The van der Waals surface area contributed by atoms with Gasteiger partial charge in [0, 0.05) is 13.7 Å². The van der Waals surface area contributed by atoms with Gasteiger partial charge in [0.25, 0.3) is 5.91 Å². The molecule has 0 fully saturated rings. The van der Waals surface area contributed by atoms with Crippen molar-refractivity contribution in [2.75, 3.05) is 20.8 Å². The smallest absolute Gasteiger partial charge is 0.260 e. The molecule has 0 spiro atoms. The highest BCUT2D eigenvalue weighted by molar-refractivity contribution is 7.16. The van der Waals surface area contributed by atoms with Crippen molar-refractivity contribution in [3.63, 3.8) is 0 Å². The summed E-state index contributed by atoms with van der Waals surface area (Å²) in [5, 5.41) is 0. The van der Waals surface area contributed by atoms with Crippen LogP contribution < -0.4 is 9.54 Å². The van der Waals surface area contributed by atoms with Crippen LogP contribution >= 0.6 is 11.3 Å². The molecule has 1 aromatic heterocycles. The largest absolute Gasteiger partial charge is 0.497 e. The van der Waals surface area contributed by atoms with Gasteiger partial charge in [-0.15, -0.1) is 0 Å². The number of fused-ring (bicyclic) bond motifs is 1. The number of amides is 1. The zero-order valence-electron chi connectivity index (χ0n) is 17.5. The third-order valence-corrected chi connectivity index (χ3v) is 6.17. The molecule has 31 heavy (non-hydrogen) atoms. The summed E-state index contributed by atoms with van der Waals surface area (Å²) in [5.74, 6) is 0.122. The molecule has 1 amide bonds. The molecule has 0 atom stereocenters. The summed E-state index contributed by atoms with van der Waals surface area (Å²) in [6.07, 6.45) is 0. The van der Waals surface area contributed by atoms with Gasteiger partial charge in [0.05, 0.1) is 29.9 Å². The average molecular weight is 433 g/mol. The standard InChI is InChI=1S/C25H24N2O3S/c1-29-16-15-27-21-14-13-20(30-2)17-22(21)31-25(27)26-24(28)23(18-9-5-3-6-10-18)19-11-7-4-8-12-19/h3-14,17,23H,15-16H2,1-2H3. The summed E-state index contributed by atoms with van der Waals surface area (Å²) in [7, 11) is 3.31. The Morgan fingerprint density at radius 3 is 2.19 bits per heavy atom. The Morgan fingerprint density at radius 2 is 1.61 bits per heavy atom. The van der Waals surface area contributed by atoms with Crippen LogP contribution in [0.2, 0.25) is 0 Å². The molecular formula is C25H24N2O3S. The molecule has 0 saturated carbocycles. The van der Waals surface area contributed by atoms with E-state index >= 15 is 0 Å². The number of hydrogen-bond donors (Lipinski definition) is 0. The van der Waals surface area contributed by atoms with Crippen LogP contribution in [0.4, 0.5) is 0 Å². The number of carbonyl (C=O) groups excluding carboxylic acids is 1. The summed E-state index contributed by atoms with van der Waals surface area (Å²) in [6.45, 7) is 1.14. The Kier molecular flexibility index (Phi) is 6.60. The van der Waals surface area contributed by atoms with Crippen molar-refractivity contribution in [3.05, 3.63) is 94.8 Å². The minimum atomic E-state index is -0.460. The fraction of sp³-hybridized carbons (Fsp3) is 0.200. The lowest BCUT2D eigenvalue weighted by Crippen LogP contribution is -2.22. The number of aromatic nitrogens is 1. The van der Waals surface area contributed by atoms with Crippen LogP contribution in [0.1, 0.15) is 17.0 Å². The van der Waals surface area contributed by atoms with E-state index in [1.807, 2.05) is 83.4 Å². The van der Waals surface area contributed by atoms with E-state index in [1.165, 1.54) is 11.3 Å². The van der Waals surface area contributed by atoms with Gasteiger partial charge in [-0.05, 0) is 29.3 Å². The quantitative estimate of drug-likeness (QED) is 0.428. The van der Waals surface area contributed by atoms with Crippen LogP contribution in [-0.4, -0.2) is 31.3 Å². The van der Waals surface area contributed by atoms with Crippen molar-refractivity contribution in [1.29, 1.82) is 0 Å². The first kappa shape index (κ1) is 21.0. The summed E-state index contributed by atoms with van der Waals surface area (Å²) in [6, 6.07) is 25.5. The van der Waals surface area contributed by atoms with Gasteiger partial charge in [0.2, 0.25) is 0 Å². The molecule has 0 saturated heterocycles. The molecular weight excluding hydrogens is 408 g/mol. The van der Waals surface area contributed by atoms with Gasteiger partial charge in [-0.2, -0.15) is 4.99 Å². The van der Waals surface area contributed by atoms with Crippen LogP contribution in [0.3, 0.4) is 0 Å². The van der Waals surface area contributed by atoms with Crippen molar-refractivity contribution in [2.24, 2.45) is 4.99 Å². The number of methoxy groups -OCH3 is 2. The van der Waals surface area contributed by atoms with Crippen LogP contribution in [0.5, 0.6) is 5.75 Å². The Hall–Kier alpha value is -3.22. The van der Waals surface area contributed by atoms with Crippen LogP contribution in [0.25, 0.3) is 10.2 Å². The van der Waals surface area contributed by atoms with Crippen molar-refractivity contribution >= 4 is 27.5 Å². The van der Waals surface area contributed by atoms with Crippen molar-refractivity contribution in [1.82, 2.24) is 4.57 Å². The third kappa shape index (κ3) is 4.60. The SMILES string of the molecule is COCCn1c(=NC(=O)C(c2ccccc2)c2ccccc2)sc2cc(OC)ccc21. The second-order valence-corrected chi connectivity index (χ2v) is 8.08. The molecule has 0 aliphatic heterocycles. The van der Waals surface area contributed by atoms with Gasteiger partial charge in [0.1, 0.15) is 5.75 Å². The van der Waals surface area contributed by atoms with Gasteiger partial charge in [-0.1, -0.05) is 72.0 Å². The number of benzene rings is 3. The van der Waals surface area contributed by atoms with Crippen molar-refractivity contribution < 1.29 is 14.3 Å². The average Bonchev–Trinajstić information content (AvgIpc) is 3.15. The zero-order valence-corrected chi connectivity index (χ0v) is 18.3. The predicted molar refractivity (Wildman–Crippen MR) is 124 cm³/mol. The zero-order chi connectivity index (χ0) is 21.6. The van der Waals surface area contributed by atoms with E-state index in [2.05, 4.69) is 4.99 Å². The van der Waals surface area contributed by atoms with Crippen molar-refractivity contribution in [2.45, 2.75) is 12.5 Å². The molecule has 0 aliphatic carbocycles. The Bertz CT molecular complexity index is 1190. The van der Waals surface area contributed by atoms with E-state index in [-0.39, 0.29) is 5.91 Å². The molecule has 0 unspecified atom stereocenters. The highest BCUT2D eigenvalue weighted by Gasteiger charge is 2.22. The summed E-state index contributed by atoms with van der Waals surface area (Å²) in [5.41, 5.74) is 2.85. The van der Waals surface area contributed by atoms with Gasteiger partial charge in [-0.25, -0.2) is 0 Å². The maximum Gasteiger partial charge on any atom is 0.260 e. The maximum absolute atomic E-state index is 13.5. The molecule has 0 bridgehead atoms. The van der Waals surface area contributed by atoms with E-state index in [0.717, 1.165) is 27.1 Å². The molecule has 6 heteroatoms. The lowest BCUT2D eigenvalue weighted by atomic mass is 9.91. The normalized spacial score (nSPS) is 11.9. The molecule has 0 radical (unpaired) electrons. The van der Waals surface area contributed by atoms with Crippen LogP contribution in [0.15, 0.2) is 83.9 Å². The molecule has 5 nitrogen and oxygen atoms in total. The monoisotopic (exact) mass is 432 g/mol. The number of nitrogens with zero attached hydrogens (tertiary/aromatic N) is 2. The summed E-state index contributed by atoms with van der Waals surface area (Å²) in [4.78, 5) is 18.8. The third-order valence-electron chi connectivity index (χ3n) is 5.13. The number of ether oxygens (including phenoxy) is 2. The van der Waals surface area contributed by atoms with Gasteiger partial charge in [-0.3, -0.25) is 4.79 Å². The van der Waals surface area contributed by atoms with Crippen molar-refractivity contribution in [3.8, 4) is 5.75 Å². The lowest BCUT2D eigenvalue weighted by molar-refractivity contribution is -0.118. The van der Waals surface area contributed by atoms with Gasteiger partial charge >= 0.3 is 0 Å². The van der Waals surface area contributed by atoms with Crippen LogP contribution in [0, 0.1) is 0 Å². The fourth-order valence-corrected chi connectivity index (χ4v) is 4.68. The second kappa shape index (κ2) is 9.73. The van der Waals surface area contributed by atoms with E-state index in [9.17, 15) is 4.79 Å². The molecule has 0 aliphatic rings. The van der Waals surface area contributed by atoms with Crippen LogP contribution in [-0.2, 0) is 16.1 Å². The molecule has 3 aromatic carbocycles. The first-order valence-electron chi connectivity index (χ1n) is 10.1. The number of hydrogen-bond acceptors (Lipinski definition) is 4. The fourth-order valence-electron chi connectivity index (χ4n) is 3.59. The molecule has 4 rings (SSSR count). The van der Waals surface area contributed by atoms with E-state index in [0.29, 0.717) is 18.0 Å². The van der Waals surface area contributed by atoms with E-state index < -0.39 is 5.92 Å². The molecule has 158 valence electrons. The Morgan fingerprint density at radius 1 is 0.968 bits per heavy atom. The Balaban J connectivity index is 1.84. The predicted octanol–water partition coefficient (Wildman–Crippen LogP) is 4.62. The minimum absolute atomic E-state index is 0.193. The maximum atomic E-state index is 13.5. The molecule has 4 aromatic rings. The number of rotatable bonds is 7. The van der Waals surface area contributed by atoms with Gasteiger partial charge in [0.15, 0.2) is 4.80 Å². The second-order valence-electron chi connectivity index (χ2n) is 7.07. The lowest BCUT2D eigenvalue weighted by Gasteiger charge is -2.14. The van der Waals surface area contributed by atoms with Gasteiger partial charge < -0.3 is 14.0 Å². The first-order chi connectivity index (χ1) is 15.2. The van der Waals surface area contributed by atoms with E-state index in [1.54, 1.807) is 14.2 Å². The molecule has 1 heterocycles. The topological polar surface area (TPSA) is 52.8 Å². The minimum Gasteiger partial charge on any atom is -0.497 e. The van der Waals surface area contributed by atoms with E-state index in [4.69, 9.17) is 9.47 Å². The first-order valence-corrected chi connectivity index (χ1v) is 10.9. The highest BCUT2D eigenvalue weighted by Crippen LogP contribution is 2.27. The Labute approximate surface area is 185 Å². The highest BCUT2D eigenvalue weighted by atomic mass is 32.1. The summed E-state index contributed by atoms with van der Waals surface area (Å²) < 4.78 is 13.7. The molecule has 0 N–H and O–H groups in total. The number of thiazole rings is 1.